The lowest BCUT2D eigenvalue weighted by molar-refractivity contribution is -0.141. The van der Waals surface area contributed by atoms with Gasteiger partial charge in [0.1, 0.15) is 29.5 Å². The van der Waals surface area contributed by atoms with Crippen LogP contribution in [-0.2, 0) is 35.6 Å². The fourth-order valence-electron chi connectivity index (χ4n) is 7.80. The number of amides is 6. The SMILES string of the molecule is O=C1N[C@]2(C(=O)NS(=O)(=O)C3CC3)C[C@H]2C=CCCCCC[C@H](NC(=O)N2CCCC2)C(=O)N2C[C@H](OC(=O)N3CCc4c(F)cccc43)C[C@@H]12. The third-order valence-electron chi connectivity index (χ3n) is 11.0. The Morgan fingerprint density at radius 2 is 1.78 bits per heavy atom. The monoisotopic (exact) mass is 728 g/mol. The van der Waals surface area contributed by atoms with Crippen molar-refractivity contribution in [1.29, 1.82) is 0 Å². The van der Waals surface area contributed by atoms with E-state index >= 15 is 0 Å². The number of halogens is 1. The number of likely N-dealkylation sites (tertiary alicyclic amines) is 1. The first-order chi connectivity index (χ1) is 24.5. The number of anilines is 1. The topological polar surface area (TPSA) is 175 Å². The highest BCUT2D eigenvalue weighted by molar-refractivity contribution is 7.91. The Morgan fingerprint density at radius 1 is 1.00 bits per heavy atom. The summed E-state index contributed by atoms with van der Waals surface area (Å²) < 4.78 is 48.0. The molecule has 2 aliphatic carbocycles. The molecule has 7 rings (SSSR count). The minimum absolute atomic E-state index is 0.0987. The molecule has 276 valence electrons. The maximum absolute atomic E-state index is 14.4. The van der Waals surface area contributed by atoms with Crippen LogP contribution in [0.25, 0.3) is 0 Å². The zero-order valence-corrected chi connectivity index (χ0v) is 29.3. The summed E-state index contributed by atoms with van der Waals surface area (Å²) in [5.41, 5.74) is -0.736. The highest BCUT2D eigenvalue weighted by Crippen LogP contribution is 2.46. The predicted molar refractivity (Wildman–Crippen MR) is 182 cm³/mol. The molecule has 1 aromatic rings. The van der Waals surface area contributed by atoms with E-state index in [-0.39, 0.29) is 32.0 Å². The molecule has 0 unspecified atom stereocenters. The van der Waals surface area contributed by atoms with Crippen LogP contribution in [0.4, 0.5) is 19.7 Å². The van der Waals surface area contributed by atoms with Crippen molar-refractivity contribution in [2.75, 3.05) is 31.1 Å². The van der Waals surface area contributed by atoms with Gasteiger partial charge in [0, 0.05) is 37.5 Å². The summed E-state index contributed by atoms with van der Waals surface area (Å²) in [6, 6.07) is 1.96. The minimum atomic E-state index is -3.91. The molecule has 0 spiro atoms. The lowest BCUT2D eigenvalue weighted by Gasteiger charge is -2.30. The van der Waals surface area contributed by atoms with Crippen LogP contribution < -0.4 is 20.3 Å². The Labute approximate surface area is 296 Å². The van der Waals surface area contributed by atoms with Crippen molar-refractivity contribution in [2.24, 2.45) is 5.92 Å². The highest BCUT2D eigenvalue weighted by Gasteiger charge is 2.62. The third-order valence-corrected chi connectivity index (χ3v) is 12.8. The van der Waals surface area contributed by atoms with Crippen LogP contribution in [0.15, 0.2) is 30.4 Å². The zero-order valence-electron chi connectivity index (χ0n) is 28.5. The maximum atomic E-state index is 14.4. The first kappa shape index (κ1) is 35.2. The smallest absolute Gasteiger partial charge is 0.414 e. The number of ether oxygens (including phenoxy) is 1. The second-order valence-electron chi connectivity index (χ2n) is 14.6. The Morgan fingerprint density at radius 3 is 2.55 bits per heavy atom. The van der Waals surface area contributed by atoms with Gasteiger partial charge in [-0.05, 0) is 69.9 Å². The number of nitrogens with zero attached hydrogens (tertiary/aromatic N) is 3. The summed E-state index contributed by atoms with van der Waals surface area (Å²) in [5, 5.41) is 5.07. The molecule has 4 aliphatic heterocycles. The molecular formula is C35H45FN6O8S. The average Bonchev–Trinajstić information content (AvgIpc) is 3.85. The standard InChI is InChI=1S/C35H45FN6O8S/c36-26-10-8-12-28-25(26)15-18-41(28)34(47)50-23-19-29-30(43)38-35(32(45)39-51(48,49)24-13-14-24)20-22(35)9-4-2-1-3-5-11-27(31(44)42(29)21-23)37-33(46)40-16-6-7-17-40/h4,8-10,12,22-24,27,29H,1-3,5-7,11,13-21H2,(H,37,46)(H,38,43)(H,39,45)/t22-,23-,27+,29+,35-/m1/s1. The molecule has 51 heavy (non-hydrogen) atoms. The molecule has 3 N–H and O–H groups in total. The number of rotatable bonds is 5. The number of hydrogen-bond acceptors (Lipinski definition) is 8. The Hall–Kier alpha value is -4.21. The number of nitrogens with one attached hydrogen (secondary N) is 3. The minimum Gasteiger partial charge on any atom is -0.444 e. The highest BCUT2D eigenvalue weighted by atomic mass is 32.2. The normalized spacial score (nSPS) is 29.6. The van der Waals surface area contributed by atoms with Crippen LogP contribution in [0, 0.1) is 11.7 Å². The number of hydrogen-bond donors (Lipinski definition) is 3. The van der Waals surface area contributed by atoms with Gasteiger partial charge in [-0.25, -0.2) is 22.4 Å². The molecule has 2 saturated carbocycles. The molecular weight excluding hydrogens is 683 g/mol. The van der Waals surface area contributed by atoms with Crippen LogP contribution in [-0.4, -0.2) is 103 Å². The van der Waals surface area contributed by atoms with Crippen LogP contribution in [0.2, 0.25) is 0 Å². The van der Waals surface area contributed by atoms with Crippen LogP contribution in [0.5, 0.6) is 0 Å². The van der Waals surface area contributed by atoms with Gasteiger partial charge in [-0.15, -0.1) is 0 Å². The zero-order chi connectivity index (χ0) is 35.9. The van der Waals surface area contributed by atoms with Gasteiger partial charge >= 0.3 is 12.1 Å². The lowest BCUT2D eigenvalue weighted by atomic mass is 10.0. The molecule has 1 aromatic carbocycles. The van der Waals surface area contributed by atoms with Gasteiger partial charge in [0.05, 0.1) is 17.5 Å². The largest absolute Gasteiger partial charge is 0.444 e. The van der Waals surface area contributed by atoms with E-state index in [4.69, 9.17) is 4.74 Å². The van der Waals surface area contributed by atoms with Crippen molar-refractivity contribution in [3.05, 3.63) is 41.7 Å². The van der Waals surface area contributed by atoms with E-state index in [0.29, 0.717) is 62.9 Å². The van der Waals surface area contributed by atoms with E-state index < -0.39 is 74.5 Å². The van der Waals surface area contributed by atoms with Crippen LogP contribution >= 0.6 is 0 Å². The number of carbonyl (C=O) groups is 5. The van der Waals surface area contributed by atoms with Gasteiger partial charge in [0.15, 0.2) is 0 Å². The molecule has 4 fully saturated rings. The van der Waals surface area contributed by atoms with Crippen molar-refractivity contribution >= 4 is 45.6 Å². The Bertz CT molecular complexity index is 1730. The number of fused-ring (bicyclic) bond motifs is 3. The fourth-order valence-corrected chi connectivity index (χ4v) is 9.16. The van der Waals surface area contributed by atoms with Gasteiger partial charge in [-0.2, -0.15) is 0 Å². The summed E-state index contributed by atoms with van der Waals surface area (Å²) >= 11 is 0. The Balaban J connectivity index is 1.15. The number of urea groups is 1. The number of carbonyl (C=O) groups excluding carboxylic acids is 5. The van der Waals surface area contributed by atoms with E-state index in [1.807, 2.05) is 12.2 Å². The number of allylic oxidation sites excluding steroid dienone is 1. The quantitative estimate of drug-likeness (QED) is 0.388. The molecule has 2 saturated heterocycles. The van der Waals surface area contributed by atoms with E-state index in [1.165, 1.54) is 21.9 Å². The molecule has 5 atom stereocenters. The van der Waals surface area contributed by atoms with Gasteiger partial charge < -0.3 is 25.2 Å². The van der Waals surface area contributed by atoms with Crippen molar-refractivity contribution < 1.29 is 41.5 Å². The van der Waals surface area contributed by atoms with Gasteiger partial charge in [0.25, 0.3) is 5.91 Å². The summed E-state index contributed by atoms with van der Waals surface area (Å²) in [6.07, 6.45) is 8.35. The molecule has 0 radical (unpaired) electrons. The lowest BCUT2D eigenvalue weighted by Crippen LogP contribution is -2.58. The van der Waals surface area contributed by atoms with Crippen LogP contribution in [0.1, 0.15) is 76.2 Å². The average molecular weight is 729 g/mol. The van der Waals surface area contributed by atoms with Crippen molar-refractivity contribution in [3.63, 3.8) is 0 Å². The molecule has 4 heterocycles. The fraction of sp³-hybridized carbons (Fsp3) is 0.629. The van der Waals surface area contributed by atoms with E-state index in [1.54, 1.807) is 11.0 Å². The molecule has 0 aromatic heterocycles. The molecule has 0 bridgehead atoms. The van der Waals surface area contributed by atoms with Gasteiger partial charge in [-0.3, -0.25) is 24.0 Å². The molecule has 16 heteroatoms. The van der Waals surface area contributed by atoms with E-state index in [2.05, 4.69) is 15.4 Å². The first-order valence-electron chi connectivity index (χ1n) is 18.1. The summed E-state index contributed by atoms with van der Waals surface area (Å²) in [5.74, 6) is -2.90. The second-order valence-corrected chi connectivity index (χ2v) is 16.6. The summed E-state index contributed by atoms with van der Waals surface area (Å²) in [4.78, 5) is 73.1. The predicted octanol–water partition coefficient (Wildman–Crippen LogP) is 2.47. The number of benzene rings is 1. The first-order valence-corrected chi connectivity index (χ1v) is 19.7. The maximum Gasteiger partial charge on any atom is 0.414 e. The molecule has 6 aliphatic rings. The van der Waals surface area contributed by atoms with E-state index in [9.17, 15) is 36.8 Å². The van der Waals surface area contributed by atoms with Crippen molar-refractivity contribution in [3.8, 4) is 0 Å². The van der Waals surface area contributed by atoms with Crippen molar-refractivity contribution in [2.45, 2.75) is 106 Å². The van der Waals surface area contributed by atoms with E-state index in [0.717, 1.165) is 25.7 Å². The number of sulfonamides is 1. The van der Waals surface area contributed by atoms with Gasteiger partial charge in [0.2, 0.25) is 21.8 Å². The second kappa shape index (κ2) is 14.1. The van der Waals surface area contributed by atoms with Gasteiger partial charge in [-0.1, -0.05) is 31.1 Å². The van der Waals surface area contributed by atoms with Crippen LogP contribution in [0.3, 0.4) is 0 Å². The molecule has 6 amide bonds. The molecule has 14 nitrogen and oxygen atoms in total. The third kappa shape index (κ3) is 7.28. The van der Waals surface area contributed by atoms with Crippen molar-refractivity contribution in [1.82, 2.24) is 25.2 Å². The summed E-state index contributed by atoms with van der Waals surface area (Å²) in [6.45, 7) is 1.21. The Kier molecular flexibility index (Phi) is 9.71. The summed E-state index contributed by atoms with van der Waals surface area (Å²) in [7, 11) is -3.91.